The highest BCUT2D eigenvalue weighted by atomic mass is 79.9. The minimum atomic E-state index is -0.487. The molecular formula is C22H17BrClN3O3S. The van der Waals surface area contributed by atoms with Crippen LogP contribution in [0.15, 0.2) is 64.6 Å². The zero-order valence-electron chi connectivity index (χ0n) is 16.2. The lowest BCUT2D eigenvalue weighted by Crippen LogP contribution is -2.29. The fourth-order valence-corrected chi connectivity index (χ4v) is 4.43. The van der Waals surface area contributed by atoms with E-state index in [4.69, 9.17) is 16.3 Å². The van der Waals surface area contributed by atoms with Gasteiger partial charge in [-0.3, -0.25) is 14.0 Å². The first kappa shape index (κ1) is 21.5. The van der Waals surface area contributed by atoms with Crippen LogP contribution in [0.4, 0.5) is 0 Å². The van der Waals surface area contributed by atoms with Gasteiger partial charge in [0.2, 0.25) is 0 Å². The summed E-state index contributed by atoms with van der Waals surface area (Å²) in [5.74, 6) is -0.866. The number of carbonyl (C=O) groups is 2. The second-order valence-electron chi connectivity index (χ2n) is 6.74. The van der Waals surface area contributed by atoms with Crippen LogP contribution in [0.1, 0.15) is 11.3 Å². The number of carbonyl (C=O) groups excluding carboxylic acids is 2. The third kappa shape index (κ3) is 5.33. The molecule has 2 heterocycles. The number of hydrogen-bond donors (Lipinski definition) is 1. The molecule has 0 bridgehead atoms. The van der Waals surface area contributed by atoms with Crippen LogP contribution in [-0.2, 0) is 27.3 Å². The molecular weight excluding hydrogens is 502 g/mol. The van der Waals surface area contributed by atoms with E-state index in [1.165, 1.54) is 11.3 Å². The number of aromatic nitrogens is 2. The number of rotatable bonds is 7. The zero-order chi connectivity index (χ0) is 21.8. The molecule has 0 radical (unpaired) electrons. The average Bonchev–Trinajstić information content (AvgIpc) is 3.34. The van der Waals surface area contributed by atoms with Crippen molar-refractivity contribution < 1.29 is 14.3 Å². The summed E-state index contributed by atoms with van der Waals surface area (Å²) in [6.07, 6.45) is 1.79. The SMILES string of the molecule is O=C(COC(=O)Cc1cccc(Cl)c1)NCc1cnc2scc(-c3ccc(Br)cc3)n12. The fraction of sp³-hybridized carbons (Fsp3) is 0.136. The molecule has 1 amide bonds. The Morgan fingerprint density at radius 1 is 1.19 bits per heavy atom. The standard InChI is InChI=1S/C22H17BrClN3O3S/c23-16-6-4-15(5-7-16)19-13-31-22-26-11-18(27(19)22)10-25-20(28)12-30-21(29)9-14-2-1-3-17(24)8-14/h1-8,11,13H,9-10,12H2,(H,25,28). The van der Waals surface area contributed by atoms with Gasteiger partial charge in [-0.15, -0.1) is 11.3 Å². The van der Waals surface area contributed by atoms with Gasteiger partial charge >= 0.3 is 5.97 Å². The highest BCUT2D eigenvalue weighted by Gasteiger charge is 2.14. The number of benzene rings is 2. The maximum Gasteiger partial charge on any atom is 0.310 e. The predicted octanol–water partition coefficient (Wildman–Crippen LogP) is 4.88. The normalized spacial score (nSPS) is 10.9. The minimum absolute atomic E-state index is 0.0581. The largest absolute Gasteiger partial charge is 0.455 e. The molecule has 0 saturated carbocycles. The number of imidazole rings is 1. The number of nitrogens with zero attached hydrogens (tertiary/aromatic N) is 2. The van der Waals surface area contributed by atoms with Crippen molar-refractivity contribution in [3.63, 3.8) is 0 Å². The molecule has 0 saturated heterocycles. The molecule has 6 nitrogen and oxygen atoms in total. The van der Waals surface area contributed by atoms with Gasteiger partial charge in [-0.05, 0) is 35.4 Å². The molecule has 0 aliphatic rings. The molecule has 4 rings (SSSR count). The quantitative estimate of drug-likeness (QED) is 0.354. The molecule has 0 aliphatic heterocycles. The Labute approximate surface area is 196 Å². The maximum atomic E-state index is 12.2. The van der Waals surface area contributed by atoms with Crippen LogP contribution >= 0.6 is 38.9 Å². The van der Waals surface area contributed by atoms with Crippen LogP contribution in [0.5, 0.6) is 0 Å². The van der Waals surface area contributed by atoms with E-state index in [2.05, 4.69) is 26.2 Å². The monoisotopic (exact) mass is 517 g/mol. The lowest BCUT2D eigenvalue weighted by Gasteiger charge is -2.08. The van der Waals surface area contributed by atoms with Crippen molar-refractivity contribution in [2.75, 3.05) is 6.61 Å². The Hall–Kier alpha value is -2.68. The summed E-state index contributed by atoms with van der Waals surface area (Å²) in [7, 11) is 0. The van der Waals surface area contributed by atoms with Gasteiger partial charge in [0.1, 0.15) is 0 Å². The number of esters is 1. The molecule has 31 heavy (non-hydrogen) atoms. The second-order valence-corrected chi connectivity index (χ2v) is 8.93. The van der Waals surface area contributed by atoms with Gasteiger partial charge in [0, 0.05) is 14.9 Å². The number of halogens is 2. The van der Waals surface area contributed by atoms with Gasteiger partial charge < -0.3 is 10.1 Å². The lowest BCUT2D eigenvalue weighted by atomic mass is 10.1. The van der Waals surface area contributed by atoms with Gasteiger partial charge in [0.15, 0.2) is 11.6 Å². The minimum Gasteiger partial charge on any atom is -0.455 e. The summed E-state index contributed by atoms with van der Waals surface area (Å²) in [6, 6.07) is 15.0. The van der Waals surface area contributed by atoms with Crippen LogP contribution in [0.3, 0.4) is 0 Å². The Bertz CT molecular complexity index is 1240. The number of nitrogens with one attached hydrogen (secondary N) is 1. The third-order valence-electron chi connectivity index (χ3n) is 4.53. The van der Waals surface area contributed by atoms with Crippen LogP contribution < -0.4 is 5.32 Å². The fourth-order valence-electron chi connectivity index (χ4n) is 3.06. The topological polar surface area (TPSA) is 72.7 Å². The van der Waals surface area contributed by atoms with Crippen molar-refractivity contribution in [1.29, 1.82) is 0 Å². The van der Waals surface area contributed by atoms with E-state index in [0.717, 1.165) is 31.9 Å². The molecule has 0 atom stereocenters. The Balaban J connectivity index is 1.35. The molecule has 0 fully saturated rings. The highest BCUT2D eigenvalue weighted by molar-refractivity contribution is 9.10. The van der Waals surface area contributed by atoms with Crippen LogP contribution in [0.25, 0.3) is 16.2 Å². The first-order valence-electron chi connectivity index (χ1n) is 9.36. The maximum absolute atomic E-state index is 12.2. The van der Waals surface area contributed by atoms with E-state index in [-0.39, 0.29) is 25.5 Å². The summed E-state index contributed by atoms with van der Waals surface area (Å²) in [5.41, 5.74) is 3.63. The van der Waals surface area contributed by atoms with Crippen molar-refractivity contribution >= 4 is 55.7 Å². The van der Waals surface area contributed by atoms with E-state index >= 15 is 0 Å². The lowest BCUT2D eigenvalue weighted by molar-refractivity contribution is -0.147. The van der Waals surface area contributed by atoms with Crippen LogP contribution in [-0.4, -0.2) is 27.9 Å². The van der Waals surface area contributed by atoms with Crippen LogP contribution in [0, 0.1) is 0 Å². The molecule has 2 aromatic carbocycles. The molecule has 158 valence electrons. The van der Waals surface area contributed by atoms with E-state index in [0.29, 0.717) is 5.02 Å². The summed E-state index contributed by atoms with van der Waals surface area (Å²) in [5, 5.41) is 5.37. The molecule has 0 spiro atoms. The van der Waals surface area contributed by atoms with Crippen molar-refractivity contribution in [2.45, 2.75) is 13.0 Å². The Morgan fingerprint density at radius 2 is 2.00 bits per heavy atom. The van der Waals surface area contributed by atoms with Gasteiger partial charge in [0.25, 0.3) is 5.91 Å². The highest BCUT2D eigenvalue weighted by Crippen LogP contribution is 2.28. The molecule has 0 unspecified atom stereocenters. The second kappa shape index (κ2) is 9.64. The van der Waals surface area contributed by atoms with Gasteiger partial charge in [-0.2, -0.15) is 0 Å². The Kier molecular flexibility index (Phi) is 6.70. The number of ether oxygens (including phenoxy) is 1. The molecule has 9 heteroatoms. The van der Waals surface area contributed by atoms with Crippen LogP contribution in [0.2, 0.25) is 5.02 Å². The van der Waals surface area contributed by atoms with Crippen molar-refractivity contribution in [3.05, 3.63) is 80.9 Å². The molecule has 0 aliphatic carbocycles. The van der Waals surface area contributed by atoms with Gasteiger partial charge in [-0.1, -0.05) is 51.8 Å². The van der Waals surface area contributed by atoms with Crippen molar-refractivity contribution in [1.82, 2.24) is 14.7 Å². The van der Waals surface area contributed by atoms with Gasteiger partial charge in [-0.25, -0.2) is 4.98 Å². The first-order valence-corrected chi connectivity index (χ1v) is 11.4. The zero-order valence-corrected chi connectivity index (χ0v) is 19.3. The molecule has 4 aromatic rings. The van der Waals surface area contributed by atoms with Gasteiger partial charge in [0.05, 0.1) is 30.6 Å². The van der Waals surface area contributed by atoms with Crippen molar-refractivity contribution in [3.8, 4) is 11.3 Å². The molecule has 2 aromatic heterocycles. The number of amides is 1. The summed E-state index contributed by atoms with van der Waals surface area (Å²) < 4.78 is 8.09. The van der Waals surface area contributed by atoms with Crippen molar-refractivity contribution in [2.24, 2.45) is 0 Å². The first-order chi connectivity index (χ1) is 15.0. The number of hydrogen-bond acceptors (Lipinski definition) is 5. The summed E-state index contributed by atoms with van der Waals surface area (Å²) in [4.78, 5) is 29.4. The third-order valence-corrected chi connectivity index (χ3v) is 6.13. The predicted molar refractivity (Wildman–Crippen MR) is 124 cm³/mol. The average molecular weight is 519 g/mol. The van der Waals surface area contributed by atoms with E-state index in [1.54, 1.807) is 30.5 Å². The van der Waals surface area contributed by atoms with E-state index < -0.39 is 5.97 Å². The summed E-state index contributed by atoms with van der Waals surface area (Å²) in [6.45, 7) is -0.0728. The number of fused-ring (bicyclic) bond motifs is 1. The van der Waals surface area contributed by atoms with E-state index in [9.17, 15) is 9.59 Å². The number of thiazole rings is 1. The van der Waals surface area contributed by atoms with E-state index in [1.807, 2.05) is 34.0 Å². The Morgan fingerprint density at radius 3 is 2.77 bits per heavy atom. The summed E-state index contributed by atoms with van der Waals surface area (Å²) >= 11 is 10.9. The smallest absolute Gasteiger partial charge is 0.310 e. The molecule has 1 N–H and O–H groups in total.